The van der Waals surface area contributed by atoms with Gasteiger partial charge in [-0.1, -0.05) is 38.1 Å². The molecule has 19 heavy (non-hydrogen) atoms. The molecule has 1 aromatic carbocycles. The van der Waals surface area contributed by atoms with Crippen molar-refractivity contribution in [1.29, 1.82) is 0 Å². The van der Waals surface area contributed by atoms with Gasteiger partial charge in [-0.05, 0) is 24.3 Å². The molecule has 3 rings (SSSR count). The Balaban J connectivity index is 1.83. The van der Waals surface area contributed by atoms with Crippen molar-refractivity contribution in [3.05, 3.63) is 42.2 Å². The van der Waals surface area contributed by atoms with E-state index in [1.807, 2.05) is 6.07 Å². The molecule has 1 heterocycles. The van der Waals surface area contributed by atoms with Crippen LogP contribution in [0.2, 0.25) is 0 Å². The molecule has 1 aromatic heterocycles. The molecule has 0 amide bonds. The fourth-order valence-electron chi connectivity index (χ4n) is 2.07. The van der Waals surface area contributed by atoms with Gasteiger partial charge in [0.2, 0.25) is 0 Å². The van der Waals surface area contributed by atoms with Crippen LogP contribution in [0.1, 0.15) is 38.2 Å². The summed E-state index contributed by atoms with van der Waals surface area (Å²) in [5.41, 5.74) is 3.48. The van der Waals surface area contributed by atoms with Gasteiger partial charge in [0.1, 0.15) is 12.1 Å². The highest BCUT2D eigenvalue weighted by Gasteiger charge is 2.21. The van der Waals surface area contributed by atoms with Gasteiger partial charge in [-0.15, -0.1) is 0 Å². The highest BCUT2D eigenvalue weighted by Crippen LogP contribution is 2.26. The smallest absolute Gasteiger partial charge is 0.130 e. The molecule has 1 fully saturated rings. The van der Waals surface area contributed by atoms with Crippen molar-refractivity contribution in [2.24, 2.45) is 0 Å². The Bertz CT molecular complexity index is 556. The third kappa shape index (κ3) is 2.92. The van der Waals surface area contributed by atoms with Gasteiger partial charge in [-0.2, -0.15) is 0 Å². The number of nitrogens with one attached hydrogen (secondary N) is 1. The largest absolute Gasteiger partial charge is 0.367 e. The summed E-state index contributed by atoms with van der Waals surface area (Å²) in [5, 5.41) is 3.40. The minimum absolute atomic E-state index is 0.562. The Kier molecular flexibility index (Phi) is 3.20. The van der Waals surface area contributed by atoms with E-state index in [0.717, 1.165) is 17.1 Å². The topological polar surface area (TPSA) is 37.8 Å². The van der Waals surface area contributed by atoms with Crippen molar-refractivity contribution in [2.75, 3.05) is 5.32 Å². The van der Waals surface area contributed by atoms with Gasteiger partial charge in [0.15, 0.2) is 0 Å². The van der Waals surface area contributed by atoms with E-state index in [1.165, 1.54) is 18.4 Å². The third-order valence-electron chi connectivity index (χ3n) is 3.47. The lowest BCUT2D eigenvalue weighted by atomic mass is 10.0. The molecule has 1 saturated carbocycles. The zero-order chi connectivity index (χ0) is 13.2. The molecule has 2 aromatic rings. The van der Waals surface area contributed by atoms with E-state index in [2.05, 4.69) is 53.4 Å². The first-order valence-corrected chi connectivity index (χ1v) is 6.91. The van der Waals surface area contributed by atoms with Crippen molar-refractivity contribution < 1.29 is 0 Å². The fraction of sp³-hybridized carbons (Fsp3) is 0.375. The maximum atomic E-state index is 4.36. The quantitative estimate of drug-likeness (QED) is 0.899. The zero-order valence-electron chi connectivity index (χ0n) is 11.4. The van der Waals surface area contributed by atoms with Gasteiger partial charge < -0.3 is 5.32 Å². The van der Waals surface area contributed by atoms with Crippen molar-refractivity contribution in [1.82, 2.24) is 9.97 Å². The normalized spacial score (nSPS) is 14.7. The Morgan fingerprint density at radius 2 is 1.84 bits per heavy atom. The lowest BCUT2D eigenvalue weighted by molar-refractivity contribution is 0.867. The number of anilines is 1. The van der Waals surface area contributed by atoms with Crippen LogP contribution in [0.25, 0.3) is 11.3 Å². The van der Waals surface area contributed by atoms with Crippen LogP contribution < -0.4 is 5.32 Å². The Morgan fingerprint density at radius 3 is 2.47 bits per heavy atom. The summed E-state index contributed by atoms with van der Waals surface area (Å²) in [6.07, 6.45) is 4.14. The van der Waals surface area contributed by atoms with Crippen LogP contribution in [0.3, 0.4) is 0 Å². The first kappa shape index (κ1) is 12.2. The average Bonchev–Trinajstić information content (AvgIpc) is 3.23. The highest BCUT2D eigenvalue weighted by atomic mass is 15.1. The Labute approximate surface area is 114 Å². The van der Waals surface area contributed by atoms with Crippen LogP contribution in [0.15, 0.2) is 36.7 Å². The van der Waals surface area contributed by atoms with E-state index >= 15 is 0 Å². The summed E-state index contributed by atoms with van der Waals surface area (Å²) in [5.74, 6) is 1.49. The molecule has 98 valence electrons. The first-order chi connectivity index (χ1) is 9.22. The first-order valence-electron chi connectivity index (χ1n) is 6.91. The lowest BCUT2D eigenvalue weighted by Crippen LogP contribution is -2.03. The van der Waals surface area contributed by atoms with Gasteiger partial charge in [0, 0.05) is 17.7 Å². The Hall–Kier alpha value is -1.90. The third-order valence-corrected chi connectivity index (χ3v) is 3.47. The van der Waals surface area contributed by atoms with Gasteiger partial charge in [0.25, 0.3) is 0 Å². The number of nitrogens with zero attached hydrogens (tertiary/aromatic N) is 2. The Morgan fingerprint density at radius 1 is 1.11 bits per heavy atom. The second kappa shape index (κ2) is 5.00. The second-order valence-corrected chi connectivity index (χ2v) is 5.48. The van der Waals surface area contributed by atoms with E-state index in [-0.39, 0.29) is 0 Å². The van der Waals surface area contributed by atoms with Gasteiger partial charge in [0.05, 0.1) is 5.69 Å². The van der Waals surface area contributed by atoms with E-state index in [1.54, 1.807) is 6.33 Å². The molecule has 0 atom stereocenters. The molecule has 0 unspecified atom stereocenters. The number of hydrogen-bond donors (Lipinski definition) is 1. The molecule has 0 saturated heterocycles. The molecule has 3 nitrogen and oxygen atoms in total. The summed E-state index contributed by atoms with van der Waals surface area (Å²) in [6.45, 7) is 4.41. The minimum atomic E-state index is 0.562. The summed E-state index contributed by atoms with van der Waals surface area (Å²) >= 11 is 0. The summed E-state index contributed by atoms with van der Waals surface area (Å²) in [4.78, 5) is 8.63. The van der Waals surface area contributed by atoms with Crippen LogP contribution in [-0.4, -0.2) is 16.0 Å². The van der Waals surface area contributed by atoms with Gasteiger partial charge in [-0.3, -0.25) is 0 Å². The van der Waals surface area contributed by atoms with Crippen LogP contribution >= 0.6 is 0 Å². The molecule has 0 aliphatic heterocycles. The van der Waals surface area contributed by atoms with E-state index in [9.17, 15) is 0 Å². The SMILES string of the molecule is CC(C)c1ccc(-c2cc(NC3CC3)ncn2)cc1. The van der Waals surface area contributed by atoms with Gasteiger partial charge in [-0.25, -0.2) is 9.97 Å². The van der Waals surface area contributed by atoms with Crippen LogP contribution in [-0.2, 0) is 0 Å². The van der Waals surface area contributed by atoms with Crippen molar-refractivity contribution in [2.45, 2.75) is 38.6 Å². The molecule has 1 aliphatic carbocycles. The molecular formula is C16H19N3. The molecular weight excluding hydrogens is 234 g/mol. The number of rotatable bonds is 4. The molecule has 0 spiro atoms. The van der Waals surface area contributed by atoms with Gasteiger partial charge >= 0.3 is 0 Å². The average molecular weight is 253 g/mol. The summed E-state index contributed by atoms with van der Waals surface area (Å²) in [7, 11) is 0. The number of aromatic nitrogens is 2. The van der Waals surface area contributed by atoms with E-state index in [4.69, 9.17) is 0 Å². The summed E-state index contributed by atoms with van der Waals surface area (Å²) in [6, 6.07) is 11.3. The van der Waals surface area contributed by atoms with Crippen LogP contribution in [0.5, 0.6) is 0 Å². The second-order valence-electron chi connectivity index (χ2n) is 5.48. The molecule has 0 radical (unpaired) electrons. The summed E-state index contributed by atoms with van der Waals surface area (Å²) < 4.78 is 0. The van der Waals surface area contributed by atoms with E-state index < -0.39 is 0 Å². The van der Waals surface area contributed by atoms with Crippen LogP contribution in [0.4, 0.5) is 5.82 Å². The molecule has 1 N–H and O–H groups in total. The monoisotopic (exact) mass is 253 g/mol. The van der Waals surface area contributed by atoms with Crippen LogP contribution in [0, 0.1) is 0 Å². The van der Waals surface area contributed by atoms with Crippen molar-refractivity contribution in [3.8, 4) is 11.3 Å². The van der Waals surface area contributed by atoms with E-state index in [0.29, 0.717) is 12.0 Å². The maximum absolute atomic E-state index is 4.36. The predicted molar refractivity (Wildman–Crippen MR) is 78.2 cm³/mol. The molecule has 0 bridgehead atoms. The number of benzene rings is 1. The maximum Gasteiger partial charge on any atom is 0.130 e. The molecule has 3 heteroatoms. The van der Waals surface area contributed by atoms with Crippen molar-refractivity contribution >= 4 is 5.82 Å². The predicted octanol–water partition coefficient (Wildman–Crippen LogP) is 3.84. The fourth-order valence-corrected chi connectivity index (χ4v) is 2.07. The number of hydrogen-bond acceptors (Lipinski definition) is 3. The standard InChI is InChI=1S/C16H19N3/c1-11(2)12-3-5-13(6-4-12)15-9-16(18-10-17-15)19-14-7-8-14/h3-6,9-11,14H,7-8H2,1-2H3,(H,17,18,19). The molecule has 1 aliphatic rings. The highest BCUT2D eigenvalue weighted by molar-refractivity contribution is 5.62. The lowest BCUT2D eigenvalue weighted by Gasteiger charge is -2.08. The van der Waals surface area contributed by atoms with Crippen molar-refractivity contribution in [3.63, 3.8) is 0 Å². The minimum Gasteiger partial charge on any atom is -0.367 e. The zero-order valence-corrected chi connectivity index (χ0v) is 11.4.